The molecular formula is C9H9N3O5. The van der Waals surface area contributed by atoms with Crippen molar-refractivity contribution in [2.75, 3.05) is 5.32 Å². The van der Waals surface area contributed by atoms with Crippen LogP contribution in [0.4, 0.5) is 10.6 Å². The molecule has 0 aliphatic carbocycles. The van der Waals surface area contributed by atoms with E-state index < -0.39 is 17.9 Å². The van der Waals surface area contributed by atoms with Crippen molar-refractivity contribution in [3.05, 3.63) is 24.0 Å². The summed E-state index contributed by atoms with van der Waals surface area (Å²) in [7, 11) is 0. The maximum Gasteiger partial charge on any atom is 0.328 e. The minimum absolute atomic E-state index is 0.148. The average molecular weight is 239 g/mol. The Labute approximate surface area is 95.3 Å². The van der Waals surface area contributed by atoms with Crippen LogP contribution in [0.25, 0.3) is 0 Å². The Morgan fingerprint density at radius 1 is 1.41 bits per heavy atom. The molecule has 90 valence electrons. The molecular weight excluding hydrogens is 230 g/mol. The number of carbonyl (C=O) groups is 3. The lowest BCUT2D eigenvalue weighted by molar-refractivity contribution is -0.131. The molecule has 0 atom stereocenters. The molecule has 3 amide bonds. The number of hydrogen-bond donors (Lipinski definition) is 3. The number of anilines is 1. The highest BCUT2D eigenvalue weighted by atomic mass is 16.5. The zero-order valence-electron chi connectivity index (χ0n) is 8.76. The summed E-state index contributed by atoms with van der Waals surface area (Å²) in [6.07, 6.45) is 1.33. The molecule has 0 aliphatic heterocycles. The Kier molecular flexibility index (Phi) is 3.98. The van der Waals surface area contributed by atoms with E-state index in [0.717, 1.165) is 6.08 Å². The van der Waals surface area contributed by atoms with Crippen molar-refractivity contribution < 1.29 is 24.0 Å². The number of hydrogen-bond acceptors (Lipinski definition) is 5. The van der Waals surface area contributed by atoms with E-state index in [9.17, 15) is 14.4 Å². The number of rotatable bonds is 3. The molecule has 0 saturated heterocycles. The first-order chi connectivity index (χ1) is 7.97. The van der Waals surface area contributed by atoms with E-state index >= 15 is 0 Å². The number of carboxylic acid groups (broad SMARTS) is 1. The van der Waals surface area contributed by atoms with Gasteiger partial charge in [0.25, 0.3) is 5.91 Å². The number of aromatic nitrogens is 1. The van der Waals surface area contributed by atoms with Gasteiger partial charge in [0.2, 0.25) is 0 Å². The van der Waals surface area contributed by atoms with Gasteiger partial charge in [-0.05, 0) is 6.92 Å². The van der Waals surface area contributed by atoms with E-state index in [0.29, 0.717) is 11.8 Å². The number of aliphatic carboxylic acids is 1. The number of aryl methyl sites for hydroxylation is 1. The van der Waals surface area contributed by atoms with Gasteiger partial charge in [-0.3, -0.25) is 15.4 Å². The molecule has 0 radical (unpaired) electrons. The normalized spacial score (nSPS) is 10.2. The van der Waals surface area contributed by atoms with Crippen LogP contribution in [0.15, 0.2) is 22.7 Å². The predicted octanol–water partition coefficient (Wildman–Crippen LogP) is 0.272. The van der Waals surface area contributed by atoms with Gasteiger partial charge >= 0.3 is 12.0 Å². The SMILES string of the molecule is Cc1cc(NC(=O)NC(=O)/C=C/C(=O)O)no1. The molecule has 0 unspecified atom stereocenters. The van der Waals surface area contributed by atoms with Gasteiger partial charge in [0.1, 0.15) is 5.76 Å². The fraction of sp³-hybridized carbons (Fsp3) is 0.111. The van der Waals surface area contributed by atoms with E-state index in [-0.39, 0.29) is 5.82 Å². The Morgan fingerprint density at radius 2 is 2.12 bits per heavy atom. The quantitative estimate of drug-likeness (QED) is 0.651. The number of nitrogens with one attached hydrogen (secondary N) is 2. The highest BCUT2D eigenvalue weighted by Crippen LogP contribution is 2.06. The van der Waals surface area contributed by atoms with E-state index in [1.165, 1.54) is 6.07 Å². The molecule has 0 bridgehead atoms. The average Bonchev–Trinajstić information content (AvgIpc) is 2.60. The summed E-state index contributed by atoms with van der Waals surface area (Å²) in [6.45, 7) is 1.64. The smallest absolute Gasteiger partial charge is 0.328 e. The second-order valence-corrected chi connectivity index (χ2v) is 2.94. The molecule has 0 aliphatic rings. The van der Waals surface area contributed by atoms with Crippen molar-refractivity contribution in [2.24, 2.45) is 0 Å². The Morgan fingerprint density at radius 3 is 2.65 bits per heavy atom. The Bertz CT molecular complexity index is 477. The van der Waals surface area contributed by atoms with Crippen molar-refractivity contribution in [1.29, 1.82) is 0 Å². The molecule has 0 aromatic carbocycles. The van der Waals surface area contributed by atoms with Gasteiger partial charge in [0, 0.05) is 18.2 Å². The fourth-order valence-corrected chi connectivity index (χ4v) is 0.873. The van der Waals surface area contributed by atoms with Crippen molar-refractivity contribution >= 4 is 23.7 Å². The standard InChI is InChI=1S/C9H9N3O5/c1-5-4-6(12-17-5)10-9(16)11-7(13)2-3-8(14)15/h2-4H,1H3,(H,14,15)(H2,10,11,12,13,16)/b3-2+. The second-order valence-electron chi connectivity index (χ2n) is 2.94. The lowest BCUT2D eigenvalue weighted by Gasteiger charge is -1.99. The topological polar surface area (TPSA) is 122 Å². The zero-order valence-corrected chi connectivity index (χ0v) is 8.76. The van der Waals surface area contributed by atoms with Gasteiger partial charge < -0.3 is 9.63 Å². The number of carbonyl (C=O) groups excluding carboxylic acids is 2. The summed E-state index contributed by atoms with van der Waals surface area (Å²) in [5.41, 5.74) is 0. The van der Waals surface area contributed by atoms with Crippen LogP contribution in [-0.4, -0.2) is 28.2 Å². The van der Waals surface area contributed by atoms with Crippen molar-refractivity contribution in [3.8, 4) is 0 Å². The molecule has 0 spiro atoms. The predicted molar refractivity (Wildman–Crippen MR) is 55.2 cm³/mol. The molecule has 8 heteroatoms. The molecule has 8 nitrogen and oxygen atoms in total. The summed E-state index contributed by atoms with van der Waals surface area (Å²) in [6, 6.07) is 0.621. The fourth-order valence-electron chi connectivity index (χ4n) is 0.873. The first kappa shape index (κ1) is 12.4. The maximum atomic E-state index is 11.2. The first-order valence-electron chi connectivity index (χ1n) is 4.43. The van der Waals surface area contributed by atoms with Crippen LogP contribution >= 0.6 is 0 Å². The van der Waals surface area contributed by atoms with E-state index in [1.54, 1.807) is 6.92 Å². The summed E-state index contributed by atoms with van der Waals surface area (Å²) in [4.78, 5) is 32.3. The van der Waals surface area contributed by atoms with Crippen LogP contribution in [0.2, 0.25) is 0 Å². The van der Waals surface area contributed by atoms with Crippen LogP contribution in [0.3, 0.4) is 0 Å². The van der Waals surface area contributed by atoms with Gasteiger partial charge in [-0.15, -0.1) is 0 Å². The molecule has 1 rings (SSSR count). The molecule has 3 N–H and O–H groups in total. The maximum absolute atomic E-state index is 11.2. The van der Waals surface area contributed by atoms with E-state index in [2.05, 4.69) is 15.0 Å². The number of amides is 3. The highest BCUT2D eigenvalue weighted by Gasteiger charge is 2.08. The van der Waals surface area contributed by atoms with Gasteiger partial charge in [0.15, 0.2) is 5.82 Å². The number of urea groups is 1. The van der Waals surface area contributed by atoms with Gasteiger partial charge in [-0.25, -0.2) is 9.59 Å². The summed E-state index contributed by atoms with van der Waals surface area (Å²) in [5, 5.41) is 15.8. The Hall–Kier alpha value is -2.64. The lowest BCUT2D eigenvalue weighted by Crippen LogP contribution is -2.33. The largest absolute Gasteiger partial charge is 0.478 e. The van der Waals surface area contributed by atoms with Crippen LogP contribution in [0.1, 0.15) is 5.76 Å². The van der Waals surface area contributed by atoms with E-state index in [1.807, 2.05) is 5.32 Å². The number of imide groups is 1. The summed E-state index contributed by atoms with van der Waals surface area (Å²) < 4.78 is 4.68. The van der Waals surface area contributed by atoms with Crippen LogP contribution in [-0.2, 0) is 9.59 Å². The molecule has 1 aromatic heterocycles. The molecule has 0 saturated carbocycles. The van der Waals surface area contributed by atoms with E-state index in [4.69, 9.17) is 5.11 Å². The van der Waals surface area contributed by atoms with Crippen molar-refractivity contribution in [3.63, 3.8) is 0 Å². The molecule has 0 fully saturated rings. The Balaban J connectivity index is 2.45. The van der Waals surface area contributed by atoms with Crippen molar-refractivity contribution in [2.45, 2.75) is 6.92 Å². The number of nitrogens with zero attached hydrogens (tertiary/aromatic N) is 1. The van der Waals surface area contributed by atoms with Crippen LogP contribution in [0.5, 0.6) is 0 Å². The van der Waals surface area contributed by atoms with Crippen molar-refractivity contribution in [1.82, 2.24) is 10.5 Å². The van der Waals surface area contributed by atoms with Crippen LogP contribution in [0, 0.1) is 6.92 Å². The molecule has 1 aromatic rings. The first-order valence-corrected chi connectivity index (χ1v) is 4.43. The molecule has 1 heterocycles. The van der Waals surface area contributed by atoms with Gasteiger partial charge in [-0.2, -0.15) is 0 Å². The summed E-state index contributed by atoms with van der Waals surface area (Å²) in [5.74, 6) is -1.50. The third-order valence-corrected chi connectivity index (χ3v) is 1.48. The monoisotopic (exact) mass is 239 g/mol. The van der Waals surface area contributed by atoms with Crippen LogP contribution < -0.4 is 10.6 Å². The zero-order chi connectivity index (χ0) is 12.8. The highest BCUT2D eigenvalue weighted by molar-refractivity contribution is 6.06. The minimum atomic E-state index is -1.28. The number of carboxylic acids is 1. The minimum Gasteiger partial charge on any atom is -0.478 e. The van der Waals surface area contributed by atoms with Gasteiger partial charge in [-0.1, -0.05) is 5.16 Å². The summed E-state index contributed by atoms with van der Waals surface area (Å²) >= 11 is 0. The lowest BCUT2D eigenvalue weighted by atomic mass is 10.4. The van der Waals surface area contributed by atoms with Gasteiger partial charge in [0.05, 0.1) is 0 Å². The second kappa shape index (κ2) is 5.45. The third-order valence-electron chi connectivity index (χ3n) is 1.48. The molecule has 17 heavy (non-hydrogen) atoms. The third kappa shape index (κ3) is 4.60.